The van der Waals surface area contributed by atoms with Gasteiger partial charge in [0, 0.05) is 18.5 Å². The molecule has 0 heterocycles. The highest BCUT2D eigenvalue weighted by Crippen LogP contribution is 2.37. The maximum Gasteiger partial charge on any atom is 0.164 e. The Morgan fingerprint density at radius 2 is 1.70 bits per heavy atom. The van der Waals surface area contributed by atoms with Crippen LogP contribution in [0.15, 0.2) is 24.3 Å². The van der Waals surface area contributed by atoms with Crippen LogP contribution in [-0.2, 0) is 0 Å². The van der Waals surface area contributed by atoms with Crippen molar-refractivity contribution in [3.05, 3.63) is 35.4 Å². The average Bonchev–Trinajstić information content (AvgIpc) is 2.54. The lowest BCUT2D eigenvalue weighted by atomic mass is 9.77. The van der Waals surface area contributed by atoms with Crippen LogP contribution in [0.2, 0.25) is 0 Å². The first-order valence-electron chi connectivity index (χ1n) is 8.88. The van der Waals surface area contributed by atoms with E-state index in [0.29, 0.717) is 12.3 Å². The molecule has 2 nitrogen and oxygen atoms in total. The van der Waals surface area contributed by atoms with Crippen LogP contribution in [0.3, 0.4) is 0 Å². The van der Waals surface area contributed by atoms with Crippen LogP contribution in [0.5, 0.6) is 0 Å². The summed E-state index contributed by atoms with van der Waals surface area (Å²) in [6.45, 7) is 3.11. The van der Waals surface area contributed by atoms with Crippen LogP contribution in [0, 0.1) is 5.92 Å². The van der Waals surface area contributed by atoms with Gasteiger partial charge in [-0.25, -0.2) is 0 Å². The predicted molar refractivity (Wildman–Crippen MR) is 101 cm³/mol. The Labute approximate surface area is 148 Å². The number of benzene rings is 1. The van der Waals surface area contributed by atoms with Crippen molar-refractivity contribution in [1.82, 2.24) is 4.90 Å². The fourth-order valence-corrected chi connectivity index (χ4v) is 3.60. The van der Waals surface area contributed by atoms with E-state index in [1.54, 1.807) is 0 Å². The highest BCUT2D eigenvalue weighted by molar-refractivity contribution is 5.96. The molecular formula is C20H32ClNO. The average molecular weight is 338 g/mol. The van der Waals surface area contributed by atoms with E-state index in [2.05, 4.69) is 24.0 Å². The molecule has 3 heteroatoms. The molecule has 0 bridgehead atoms. The first-order valence-corrected chi connectivity index (χ1v) is 8.88. The molecule has 0 N–H and O–H groups in total. The number of carbonyl (C=O) groups is 1. The molecule has 1 aliphatic carbocycles. The SMILES string of the molecule is CCCC1CCC(c2ccc(C(=O)CCN(C)C)cc2)CC1.Cl. The van der Waals surface area contributed by atoms with Gasteiger partial charge in [-0.3, -0.25) is 4.79 Å². The molecule has 130 valence electrons. The predicted octanol–water partition coefficient (Wildman–Crippen LogP) is 5.32. The molecule has 1 aromatic carbocycles. The van der Waals surface area contributed by atoms with Gasteiger partial charge in [-0.15, -0.1) is 12.4 Å². The van der Waals surface area contributed by atoms with Crippen molar-refractivity contribution < 1.29 is 4.79 Å². The van der Waals surface area contributed by atoms with Crippen LogP contribution in [0.4, 0.5) is 0 Å². The lowest BCUT2D eigenvalue weighted by Gasteiger charge is -2.28. The summed E-state index contributed by atoms with van der Waals surface area (Å²) in [5, 5.41) is 0. The summed E-state index contributed by atoms with van der Waals surface area (Å²) in [5.74, 6) is 1.92. The van der Waals surface area contributed by atoms with E-state index in [0.717, 1.165) is 18.0 Å². The van der Waals surface area contributed by atoms with Crippen LogP contribution in [0.1, 0.15) is 73.7 Å². The second-order valence-corrected chi connectivity index (χ2v) is 7.10. The summed E-state index contributed by atoms with van der Waals surface area (Å²) in [5.41, 5.74) is 2.30. The summed E-state index contributed by atoms with van der Waals surface area (Å²) >= 11 is 0. The lowest BCUT2D eigenvalue weighted by molar-refractivity contribution is 0.0972. The van der Waals surface area contributed by atoms with E-state index >= 15 is 0 Å². The molecule has 1 aromatic rings. The number of hydrogen-bond acceptors (Lipinski definition) is 2. The van der Waals surface area contributed by atoms with Crippen LogP contribution in [0.25, 0.3) is 0 Å². The molecule has 0 unspecified atom stereocenters. The van der Waals surface area contributed by atoms with E-state index in [-0.39, 0.29) is 18.2 Å². The highest BCUT2D eigenvalue weighted by Gasteiger charge is 2.21. The second kappa shape index (κ2) is 10.1. The number of nitrogens with zero attached hydrogens (tertiary/aromatic N) is 1. The second-order valence-electron chi connectivity index (χ2n) is 7.10. The standard InChI is InChI=1S/C20H31NO.ClH/c1-4-5-16-6-8-17(9-7-16)18-10-12-19(13-11-18)20(22)14-15-21(2)3;/h10-13,16-17H,4-9,14-15H2,1-3H3;1H. The van der Waals surface area contributed by atoms with Gasteiger partial charge in [-0.2, -0.15) is 0 Å². The van der Waals surface area contributed by atoms with Crippen molar-refractivity contribution in [1.29, 1.82) is 0 Å². The molecule has 0 radical (unpaired) electrons. The van der Waals surface area contributed by atoms with Gasteiger partial charge in [0.2, 0.25) is 0 Å². The van der Waals surface area contributed by atoms with Crippen LogP contribution >= 0.6 is 12.4 Å². The molecule has 0 spiro atoms. The monoisotopic (exact) mass is 337 g/mol. The first-order chi connectivity index (χ1) is 10.6. The summed E-state index contributed by atoms with van der Waals surface area (Å²) in [6.07, 6.45) is 8.71. The molecule has 1 aliphatic rings. The van der Waals surface area contributed by atoms with E-state index in [9.17, 15) is 4.79 Å². The molecule has 1 fully saturated rings. The maximum absolute atomic E-state index is 12.1. The third-order valence-corrected chi connectivity index (χ3v) is 5.03. The van der Waals surface area contributed by atoms with E-state index < -0.39 is 0 Å². The van der Waals surface area contributed by atoms with Gasteiger partial charge < -0.3 is 4.90 Å². The maximum atomic E-state index is 12.1. The molecule has 23 heavy (non-hydrogen) atoms. The van der Waals surface area contributed by atoms with Crippen LogP contribution in [-0.4, -0.2) is 31.3 Å². The zero-order chi connectivity index (χ0) is 15.9. The summed E-state index contributed by atoms with van der Waals surface area (Å²) < 4.78 is 0. The fraction of sp³-hybridized carbons (Fsp3) is 0.650. The topological polar surface area (TPSA) is 20.3 Å². The van der Waals surface area contributed by atoms with E-state index in [1.807, 2.05) is 26.2 Å². The van der Waals surface area contributed by atoms with Crippen molar-refractivity contribution >= 4 is 18.2 Å². The molecule has 0 aliphatic heterocycles. The van der Waals surface area contributed by atoms with Gasteiger partial charge in [-0.1, -0.05) is 44.0 Å². The summed E-state index contributed by atoms with van der Waals surface area (Å²) in [4.78, 5) is 14.2. The minimum Gasteiger partial charge on any atom is -0.309 e. The molecule has 1 saturated carbocycles. The lowest BCUT2D eigenvalue weighted by Crippen LogP contribution is -2.17. The first kappa shape index (κ1) is 20.2. The Morgan fingerprint density at radius 3 is 2.22 bits per heavy atom. The number of ketones is 1. The Bertz CT molecular complexity index is 461. The molecule has 0 aromatic heterocycles. The quantitative estimate of drug-likeness (QED) is 0.628. The normalized spacial score (nSPS) is 21.0. The van der Waals surface area contributed by atoms with Crippen molar-refractivity contribution in [2.45, 2.75) is 57.8 Å². The zero-order valence-electron chi connectivity index (χ0n) is 14.9. The van der Waals surface area contributed by atoms with Gasteiger partial charge in [-0.05, 0) is 57.2 Å². The van der Waals surface area contributed by atoms with Crippen molar-refractivity contribution in [3.8, 4) is 0 Å². The number of carbonyl (C=O) groups excluding carboxylic acids is 1. The summed E-state index contributed by atoms with van der Waals surface area (Å²) in [6, 6.07) is 8.44. The number of hydrogen-bond donors (Lipinski definition) is 0. The highest BCUT2D eigenvalue weighted by atomic mass is 35.5. The number of Topliss-reactive ketones (excluding diaryl/α,β-unsaturated/α-hetero) is 1. The van der Waals surface area contributed by atoms with Gasteiger partial charge in [0.15, 0.2) is 5.78 Å². The third kappa shape index (κ3) is 6.27. The van der Waals surface area contributed by atoms with Gasteiger partial charge in [0.1, 0.15) is 0 Å². The Balaban J connectivity index is 0.00000264. The Morgan fingerprint density at radius 1 is 1.09 bits per heavy atom. The number of rotatable bonds is 7. The minimum atomic E-state index is 0. The minimum absolute atomic E-state index is 0. The van der Waals surface area contributed by atoms with Crippen molar-refractivity contribution in [2.24, 2.45) is 5.92 Å². The van der Waals surface area contributed by atoms with E-state index in [4.69, 9.17) is 0 Å². The van der Waals surface area contributed by atoms with Gasteiger partial charge in [0.05, 0.1) is 0 Å². The third-order valence-electron chi connectivity index (χ3n) is 5.03. The largest absolute Gasteiger partial charge is 0.309 e. The molecule has 0 amide bonds. The Hall–Kier alpha value is -0.860. The smallest absolute Gasteiger partial charge is 0.164 e. The van der Waals surface area contributed by atoms with Crippen LogP contribution < -0.4 is 0 Å². The Kier molecular flexibility index (Phi) is 8.86. The molecule has 2 rings (SSSR count). The number of halogens is 1. The van der Waals surface area contributed by atoms with Crippen molar-refractivity contribution in [2.75, 3.05) is 20.6 Å². The van der Waals surface area contributed by atoms with E-state index in [1.165, 1.54) is 44.1 Å². The van der Waals surface area contributed by atoms with Gasteiger partial charge in [0.25, 0.3) is 0 Å². The van der Waals surface area contributed by atoms with Gasteiger partial charge >= 0.3 is 0 Å². The zero-order valence-corrected chi connectivity index (χ0v) is 15.7. The summed E-state index contributed by atoms with van der Waals surface area (Å²) in [7, 11) is 4.01. The molecule has 0 atom stereocenters. The molecule has 0 saturated heterocycles. The fourth-order valence-electron chi connectivity index (χ4n) is 3.60. The van der Waals surface area contributed by atoms with Crippen molar-refractivity contribution in [3.63, 3.8) is 0 Å². The molecular weight excluding hydrogens is 306 g/mol.